The molecule has 0 amide bonds. The molecule has 1 spiro atoms. The molecule has 2 saturated heterocycles. The Morgan fingerprint density at radius 2 is 1.45 bits per heavy atom. The maximum Gasteiger partial charge on any atom is 0.338 e. The molecule has 6 rings (SSSR count). The second-order valence-electron chi connectivity index (χ2n) is 14.7. The highest BCUT2D eigenvalue weighted by Crippen LogP contribution is 2.69. The SMILES string of the molecule is CC1CCC2C3(C)COC(C)(C)OC3CCC2(C)C12CCC(CCOC(=O)c1ccccc1)(COC(=O)c1ccccc1)O2. The number of benzene rings is 2. The Morgan fingerprint density at radius 1 is 0.818 bits per heavy atom. The molecule has 0 radical (unpaired) electrons. The third-order valence-electron chi connectivity index (χ3n) is 11.7. The van der Waals surface area contributed by atoms with E-state index >= 15 is 0 Å². The second-order valence-corrected chi connectivity index (χ2v) is 14.7. The molecule has 4 fully saturated rings. The van der Waals surface area contributed by atoms with Crippen LogP contribution in [0.5, 0.6) is 0 Å². The van der Waals surface area contributed by atoms with Crippen molar-refractivity contribution in [1.82, 2.24) is 0 Å². The van der Waals surface area contributed by atoms with E-state index in [0.717, 1.165) is 38.5 Å². The van der Waals surface area contributed by atoms with E-state index in [1.165, 1.54) is 0 Å². The minimum absolute atomic E-state index is 0.110. The summed E-state index contributed by atoms with van der Waals surface area (Å²) in [4.78, 5) is 25.9. The maximum atomic E-state index is 13.1. The fraction of sp³-hybridized carbons (Fsp3) is 0.622. The van der Waals surface area contributed by atoms with Gasteiger partial charge in [-0.3, -0.25) is 0 Å². The van der Waals surface area contributed by atoms with Gasteiger partial charge in [-0.25, -0.2) is 9.59 Å². The van der Waals surface area contributed by atoms with Crippen LogP contribution in [-0.4, -0.2) is 54.9 Å². The molecule has 2 aromatic rings. The van der Waals surface area contributed by atoms with Crippen LogP contribution in [0.4, 0.5) is 0 Å². The summed E-state index contributed by atoms with van der Waals surface area (Å²) < 4.78 is 32.0. The predicted molar refractivity (Wildman–Crippen MR) is 166 cm³/mol. The summed E-state index contributed by atoms with van der Waals surface area (Å²) in [5.74, 6) is -0.622. The number of esters is 2. The number of ether oxygens (including phenoxy) is 5. The molecular weight excluding hydrogens is 556 g/mol. The molecule has 2 aliphatic carbocycles. The zero-order valence-corrected chi connectivity index (χ0v) is 26.9. The molecular formula is C37H48O7. The van der Waals surface area contributed by atoms with Crippen molar-refractivity contribution in [2.45, 2.75) is 103 Å². The van der Waals surface area contributed by atoms with Crippen LogP contribution in [-0.2, 0) is 23.7 Å². The number of carbonyl (C=O) groups excluding carboxylic acids is 2. The average molecular weight is 605 g/mol. The predicted octanol–water partition coefficient (Wildman–Crippen LogP) is 7.38. The lowest BCUT2D eigenvalue weighted by atomic mass is 9.43. The van der Waals surface area contributed by atoms with Crippen molar-refractivity contribution in [1.29, 1.82) is 0 Å². The van der Waals surface area contributed by atoms with Crippen LogP contribution in [0.3, 0.4) is 0 Å². The summed E-state index contributed by atoms with van der Waals surface area (Å²) in [6.07, 6.45) is 6.30. The summed E-state index contributed by atoms with van der Waals surface area (Å²) in [7, 11) is 0. The van der Waals surface area contributed by atoms with E-state index in [1.54, 1.807) is 24.3 Å². The molecule has 7 heteroatoms. The third kappa shape index (κ3) is 5.39. The maximum absolute atomic E-state index is 13.1. The minimum atomic E-state index is -0.764. The summed E-state index contributed by atoms with van der Waals surface area (Å²) in [5, 5.41) is 0. The Bertz CT molecular complexity index is 1340. The van der Waals surface area contributed by atoms with Crippen LogP contribution in [0.1, 0.15) is 100 Å². The largest absolute Gasteiger partial charge is 0.462 e. The third-order valence-corrected chi connectivity index (χ3v) is 11.7. The summed E-state index contributed by atoms with van der Waals surface area (Å²) in [5.41, 5.74) is -0.373. The Morgan fingerprint density at radius 3 is 2.11 bits per heavy atom. The van der Waals surface area contributed by atoms with Crippen molar-refractivity contribution in [3.05, 3.63) is 71.8 Å². The van der Waals surface area contributed by atoms with Crippen LogP contribution < -0.4 is 0 Å². The van der Waals surface area contributed by atoms with Gasteiger partial charge in [-0.05, 0) is 88.5 Å². The fourth-order valence-corrected chi connectivity index (χ4v) is 9.19. The normalized spacial score (nSPS) is 37.5. The Hall–Kier alpha value is -2.74. The molecule has 2 aromatic carbocycles. The number of carbonyl (C=O) groups is 2. The van der Waals surface area contributed by atoms with Crippen LogP contribution in [0, 0.1) is 22.7 Å². The van der Waals surface area contributed by atoms with Crippen molar-refractivity contribution in [3.63, 3.8) is 0 Å². The van der Waals surface area contributed by atoms with Gasteiger partial charge in [-0.1, -0.05) is 57.2 Å². The smallest absolute Gasteiger partial charge is 0.338 e. The van der Waals surface area contributed by atoms with Crippen LogP contribution >= 0.6 is 0 Å². The van der Waals surface area contributed by atoms with E-state index in [-0.39, 0.29) is 42.1 Å². The van der Waals surface area contributed by atoms with Gasteiger partial charge in [0.25, 0.3) is 0 Å². The van der Waals surface area contributed by atoms with Crippen molar-refractivity contribution in [2.24, 2.45) is 22.7 Å². The molecule has 44 heavy (non-hydrogen) atoms. The van der Waals surface area contributed by atoms with E-state index in [2.05, 4.69) is 20.8 Å². The van der Waals surface area contributed by atoms with E-state index in [9.17, 15) is 9.59 Å². The molecule has 0 bridgehead atoms. The molecule has 0 N–H and O–H groups in total. The van der Waals surface area contributed by atoms with Crippen molar-refractivity contribution >= 4 is 11.9 Å². The van der Waals surface area contributed by atoms with Crippen LogP contribution in [0.15, 0.2) is 60.7 Å². The van der Waals surface area contributed by atoms with Gasteiger partial charge in [0, 0.05) is 17.3 Å². The lowest BCUT2D eigenvalue weighted by molar-refractivity contribution is -0.359. The van der Waals surface area contributed by atoms with Gasteiger partial charge in [0.15, 0.2) is 5.79 Å². The fourth-order valence-electron chi connectivity index (χ4n) is 9.19. The van der Waals surface area contributed by atoms with Crippen molar-refractivity contribution < 1.29 is 33.3 Å². The van der Waals surface area contributed by atoms with Crippen molar-refractivity contribution in [2.75, 3.05) is 19.8 Å². The van der Waals surface area contributed by atoms with Gasteiger partial charge in [-0.2, -0.15) is 0 Å². The summed E-state index contributed by atoms with van der Waals surface area (Å²) >= 11 is 0. The van der Waals surface area contributed by atoms with Gasteiger partial charge in [0.05, 0.1) is 36.0 Å². The summed E-state index contributed by atoms with van der Waals surface area (Å²) in [6, 6.07) is 18.1. The molecule has 7 atom stereocenters. The molecule has 2 aliphatic heterocycles. The monoisotopic (exact) mass is 604 g/mol. The first-order valence-corrected chi connectivity index (χ1v) is 16.4. The van der Waals surface area contributed by atoms with E-state index in [4.69, 9.17) is 23.7 Å². The standard InChI is InChI=1S/C37H48O7/c1-26-16-17-29-34(4)24-42-33(2,3)43-30(34)18-19-35(29,5)37(26)21-20-36(44-37,25-41-32(39)28-14-10-7-11-15-28)22-23-40-31(38)27-12-8-6-9-13-27/h6-15,26,29-30H,16-25H2,1-5H3. The highest BCUT2D eigenvalue weighted by molar-refractivity contribution is 5.89. The highest BCUT2D eigenvalue weighted by atomic mass is 16.7. The minimum Gasteiger partial charge on any atom is -0.462 e. The molecule has 4 aliphatic rings. The zero-order valence-electron chi connectivity index (χ0n) is 26.9. The first-order valence-electron chi connectivity index (χ1n) is 16.4. The first-order chi connectivity index (χ1) is 20.9. The molecule has 2 saturated carbocycles. The van der Waals surface area contributed by atoms with Gasteiger partial charge in [0.2, 0.25) is 0 Å². The number of hydrogen-bond acceptors (Lipinski definition) is 7. The van der Waals surface area contributed by atoms with E-state index < -0.39 is 17.0 Å². The first kappa shape index (κ1) is 31.3. The Labute approximate surface area is 261 Å². The van der Waals surface area contributed by atoms with Crippen LogP contribution in [0.2, 0.25) is 0 Å². The van der Waals surface area contributed by atoms with E-state index in [1.807, 2.05) is 50.2 Å². The topological polar surface area (TPSA) is 80.3 Å². The van der Waals surface area contributed by atoms with Gasteiger partial charge in [0.1, 0.15) is 12.2 Å². The number of hydrogen-bond donors (Lipinski definition) is 0. The second kappa shape index (κ2) is 11.6. The number of rotatable bonds is 7. The summed E-state index contributed by atoms with van der Waals surface area (Å²) in [6.45, 7) is 12.1. The van der Waals surface area contributed by atoms with Gasteiger partial charge < -0.3 is 23.7 Å². The lowest BCUT2D eigenvalue weighted by Gasteiger charge is -2.67. The Balaban J connectivity index is 1.26. The molecule has 238 valence electrons. The van der Waals surface area contributed by atoms with Crippen LogP contribution in [0.25, 0.3) is 0 Å². The van der Waals surface area contributed by atoms with Gasteiger partial charge in [-0.15, -0.1) is 0 Å². The highest BCUT2D eigenvalue weighted by Gasteiger charge is 2.70. The quantitative estimate of drug-likeness (QED) is 0.305. The van der Waals surface area contributed by atoms with Gasteiger partial charge >= 0.3 is 11.9 Å². The average Bonchev–Trinajstić information content (AvgIpc) is 3.41. The van der Waals surface area contributed by atoms with E-state index in [0.29, 0.717) is 36.0 Å². The molecule has 7 nitrogen and oxygen atoms in total. The molecule has 2 heterocycles. The molecule has 7 unspecified atom stereocenters. The number of fused-ring (bicyclic) bond motifs is 4. The lowest BCUT2D eigenvalue weighted by Crippen LogP contribution is -2.69. The van der Waals surface area contributed by atoms with Crippen molar-refractivity contribution in [3.8, 4) is 0 Å². The zero-order chi connectivity index (χ0) is 31.2. The molecule has 0 aromatic heterocycles. The Kier molecular flexibility index (Phi) is 8.21.